The zero-order valence-corrected chi connectivity index (χ0v) is 21.1. The van der Waals surface area contributed by atoms with Gasteiger partial charge in [-0.2, -0.15) is 0 Å². The zero-order valence-electron chi connectivity index (χ0n) is 21.1. The van der Waals surface area contributed by atoms with Crippen molar-refractivity contribution in [3.63, 3.8) is 0 Å². The lowest BCUT2D eigenvalue weighted by Crippen LogP contribution is -2.34. The summed E-state index contributed by atoms with van der Waals surface area (Å²) in [6, 6.07) is 23.1. The van der Waals surface area contributed by atoms with Crippen molar-refractivity contribution in [3.8, 4) is 11.5 Å². The maximum atomic E-state index is 11.1. The largest absolute Gasteiger partial charge is 0.508 e. The molecule has 0 bridgehead atoms. The Balaban J connectivity index is 0.00000141. The number of piperidine rings is 1. The molecule has 0 amide bonds. The molecule has 1 N–H and O–H groups in total. The van der Waals surface area contributed by atoms with Crippen LogP contribution in [-0.4, -0.2) is 31.6 Å². The number of carbonyl (C=O) groups is 1. The predicted molar refractivity (Wildman–Crippen MR) is 143 cm³/mol. The van der Waals surface area contributed by atoms with Crippen LogP contribution in [0.3, 0.4) is 0 Å². The van der Waals surface area contributed by atoms with E-state index in [1.807, 2.05) is 19.9 Å². The van der Waals surface area contributed by atoms with Crippen molar-refractivity contribution in [3.05, 3.63) is 89.0 Å². The Bertz CT molecular complexity index is 1120. The number of rotatable bonds is 5. The summed E-state index contributed by atoms with van der Waals surface area (Å²) >= 11 is 0. The van der Waals surface area contributed by atoms with E-state index in [0.29, 0.717) is 11.7 Å². The lowest BCUT2D eigenvalue weighted by molar-refractivity contribution is -0.111. The van der Waals surface area contributed by atoms with E-state index in [2.05, 4.69) is 59.5 Å². The lowest BCUT2D eigenvalue weighted by Gasteiger charge is -2.36. The normalized spacial score (nSPS) is 19.8. The minimum atomic E-state index is 0.154. The Kier molecular flexibility index (Phi) is 8.12. The van der Waals surface area contributed by atoms with Crippen LogP contribution >= 0.6 is 0 Å². The van der Waals surface area contributed by atoms with E-state index >= 15 is 0 Å². The van der Waals surface area contributed by atoms with Gasteiger partial charge >= 0.3 is 0 Å². The number of hydrogen-bond donors (Lipinski definition) is 1. The van der Waals surface area contributed by atoms with E-state index in [1.54, 1.807) is 13.2 Å². The van der Waals surface area contributed by atoms with Gasteiger partial charge in [-0.1, -0.05) is 56.3 Å². The monoisotopic (exact) mass is 471 g/mol. The average molecular weight is 472 g/mol. The third kappa shape index (κ3) is 5.22. The molecule has 1 saturated heterocycles. The number of aryl methyl sites for hydroxylation is 1. The molecule has 3 aromatic carbocycles. The van der Waals surface area contributed by atoms with Crippen molar-refractivity contribution in [2.24, 2.45) is 5.92 Å². The summed E-state index contributed by atoms with van der Waals surface area (Å²) in [7, 11) is 1.75. The number of hydrogen-bond acceptors (Lipinski definition) is 4. The van der Waals surface area contributed by atoms with Crippen LogP contribution in [0.15, 0.2) is 66.7 Å². The Morgan fingerprint density at radius 2 is 1.63 bits per heavy atom. The first-order valence-electron chi connectivity index (χ1n) is 12.9. The summed E-state index contributed by atoms with van der Waals surface area (Å²) in [5.74, 6) is 1.90. The number of ether oxygens (including phenoxy) is 1. The van der Waals surface area contributed by atoms with E-state index in [1.165, 1.54) is 22.3 Å². The van der Waals surface area contributed by atoms with Gasteiger partial charge in [-0.25, -0.2) is 0 Å². The van der Waals surface area contributed by atoms with Crippen molar-refractivity contribution in [1.29, 1.82) is 0 Å². The molecule has 1 aliphatic heterocycles. The van der Waals surface area contributed by atoms with Gasteiger partial charge in [-0.3, -0.25) is 0 Å². The molecule has 2 unspecified atom stereocenters. The summed E-state index contributed by atoms with van der Waals surface area (Å²) < 4.78 is 5.96. The molecule has 1 heterocycles. The van der Waals surface area contributed by atoms with Crippen LogP contribution < -0.4 is 9.64 Å². The fourth-order valence-corrected chi connectivity index (χ4v) is 5.70. The summed E-state index contributed by atoms with van der Waals surface area (Å²) in [5, 5.41) is 10.1. The van der Waals surface area contributed by atoms with E-state index in [-0.39, 0.29) is 11.8 Å². The second-order valence-corrected chi connectivity index (χ2v) is 9.30. The van der Waals surface area contributed by atoms with E-state index < -0.39 is 0 Å². The van der Waals surface area contributed by atoms with Gasteiger partial charge in [0.2, 0.25) is 0 Å². The summed E-state index contributed by atoms with van der Waals surface area (Å²) in [6.45, 7) is 5.79. The molecule has 2 aliphatic rings. The number of aromatic hydroxyl groups is 1. The van der Waals surface area contributed by atoms with Gasteiger partial charge in [-0.15, -0.1) is 0 Å². The molecule has 2 atom stereocenters. The number of carbonyl (C=O) groups excluding carboxylic acids is 1. The highest BCUT2D eigenvalue weighted by Gasteiger charge is 2.34. The number of aldehydes is 1. The highest BCUT2D eigenvalue weighted by Crippen LogP contribution is 2.49. The maximum Gasteiger partial charge on any atom is 0.124 e. The van der Waals surface area contributed by atoms with Crippen LogP contribution in [0.1, 0.15) is 67.2 Å². The number of fused-ring (bicyclic) bond motifs is 1. The molecule has 1 aliphatic carbocycles. The van der Waals surface area contributed by atoms with Gasteiger partial charge in [-0.05, 0) is 66.5 Å². The van der Waals surface area contributed by atoms with Crippen molar-refractivity contribution >= 4 is 12.0 Å². The molecule has 5 rings (SSSR count). The number of anilines is 1. The molecule has 35 heavy (non-hydrogen) atoms. The van der Waals surface area contributed by atoms with Crippen molar-refractivity contribution in [2.45, 2.75) is 51.4 Å². The highest BCUT2D eigenvalue weighted by atomic mass is 16.5. The zero-order chi connectivity index (χ0) is 24.8. The molecule has 184 valence electrons. The minimum Gasteiger partial charge on any atom is -0.508 e. The molecule has 4 nitrogen and oxygen atoms in total. The summed E-state index contributed by atoms with van der Waals surface area (Å²) in [6.07, 6.45) is 4.89. The van der Waals surface area contributed by atoms with Gasteiger partial charge in [0.15, 0.2) is 0 Å². The Labute approximate surface area is 209 Å². The van der Waals surface area contributed by atoms with Gasteiger partial charge in [0.05, 0.1) is 7.11 Å². The van der Waals surface area contributed by atoms with Crippen LogP contribution in [0, 0.1) is 5.92 Å². The van der Waals surface area contributed by atoms with Crippen LogP contribution in [0.4, 0.5) is 5.69 Å². The Hall–Kier alpha value is -3.27. The fraction of sp³-hybridized carbons (Fsp3) is 0.387. The molecular weight excluding hydrogens is 434 g/mol. The third-order valence-corrected chi connectivity index (χ3v) is 7.47. The number of benzene rings is 3. The van der Waals surface area contributed by atoms with Gasteiger partial charge < -0.3 is 19.5 Å². The molecule has 0 spiro atoms. The molecule has 0 saturated carbocycles. The summed E-state index contributed by atoms with van der Waals surface area (Å²) in [5.41, 5.74) is 6.16. The van der Waals surface area contributed by atoms with Gasteiger partial charge in [0.25, 0.3) is 0 Å². The van der Waals surface area contributed by atoms with Crippen LogP contribution in [0.5, 0.6) is 11.5 Å². The first-order chi connectivity index (χ1) is 17.2. The van der Waals surface area contributed by atoms with Gasteiger partial charge in [0, 0.05) is 42.2 Å². The second-order valence-electron chi connectivity index (χ2n) is 9.30. The van der Waals surface area contributed by atoms with Crippen LogP contribution in [0.25, 0.3) is 0 Å². The number of phenolic OH excluding ortho intramolecular Hbond substituents is 1. The van der Waals surface area contributed by atoms with E-state index in [4.69, 9.17) is 4.74 Å². The standard InChI is InChI=1S/C29H31NO3.C2H6/c1-33-28-18-23(30-15-13-20(19-31)14-16-30)8-11-27(28)29-25(21-5-3-2-4-6-21)10-7-22-17-24(32)9-12-26(22)29;1-2/h2-6,8-9,11-12,17-20,25,29,32H,7,10,13-16H2,1H3;1-2H3. The Morgan fingerprint density at radius 3 is 2.31 bits per heavy atom. The van der Waals surface area contributed by atoms with E-state index in [0.717, 1.165) is 56.5 Å². The molecule has 0 aromatic heterocycles. The summed E-state index contributed by atoms with van der Waals surface area (Å²) in [4.78, 5) is 13.5. The van der Waals surface area contributed by atoms with Crippen molar-refractivity contribution in [2.75, 3.05) is 25.1 Å². The topological polar surface area (TPSA) is 49.8 Å². The van der Waals surface area contributed by atoms with Crippen molar-refractivity contribution in [1.82, 2.24) is 0 Å². The first kappa shape index (κ1) is 24.8. The molecule has 0 radical (unpaired) electrons. The van der Waals surface area contributed by atoms with Gasteiger partial charge in [0.1, 0.15) is 17.8 Å². The minimum absolute atomic E-state index is 0.154. The molecule has 3 aromatic rings. The maximum absolute atomic E-state index is 11.1. The quantitative estimate of drug-likeness (QED) is 0.421. The molecular formula is C31H37NO3. The number of methoxy groups -OCH3 is 1. The first-order valence-corrected chi connectivity index (χ1v) is 12.9. The van der Waals surface area contributed by atoms with Crippen LogP contribution in [0.2, 0.25) is 0 Å². The smallest absolute Gasteiger partial charge is 0.124 e. The lowest BCUT2D eigenvalue weighted by atomic mass is 9.69. The third-order valence-electron chi connectivity index (χ3n) is 7.47. The SMILES string of the molecule is CC.COc1cc(N2CCC(C=O)CC2)ccc1C1c2ccc(O)cc2CCC1c1ccccc1. The Morgan fingerprint density at radius 1 is 0.914 bits per heavy atom. The predicted octanol–water partition coefficient (Wildman–Crippen LogP) is 6.70. The molecule has 1 fully saturated rings. The van der Waals surface area contributed by atoms with Crippen LogP contribution in [-0.2, 0) is 11.2 Å². The highest BCUT2D eigenvalue weighted by molar-refractivity contribution is 5.60. The number of nitrogens with zero attached hydrogens (tertiary/aromatic N) is 1. The average Bonchev–Trinajstić information content (AvgIpc) is 2.93. The van der Waals surface area contributed by atoms with Crippen molar-refractivity contribution < 1.29 is 14.6 Å². The molecule has 4 heteroatoms. The van der Waals surface area contributed by atoms with E-state index in [9.17, 15) is 9.90 Å². The fourth-order valence-electron chi connectivity index (χ4n) is 5.70. The second kappa shape index (κ2) is 11.4. The number of phenols is 1.